The number of carbonyl (C=O) groups is 1. The smallest absolute Gasteiger partial charge is 0.355 e. The van der Waals surface area contributed by atoms with E-state index in [-0.39, 0.29) is 11.4 Å². The summed E-state index contributed by atoms with van der Waals surface area (Å²) in [7, 11) is 0. The topological polar surface area (TPSA) is 105 Å². The van der Waals surface area contributed by atoms with Gasteiger partial charge in [-0.25, -0.2) is 4.79 Å². The average molecular weight is 325 g/mol. The van der Waals surface area contributed by atoms with E-state index in [0.717, 1.165) is 31.0 Å². The Morgan fingerprint density at radius 2 is 1.91 bits per heavy atom. The Morgan fingerprint density at radius 1 is 1.32 bits per heavy atom. The summed E-state index contributed by atoms with van der Waals surface area (Å²) in [5.74, 6) is 4.55. The van der Waals surface area contributed by atoms with Crippen LogP contribution in [0.1, 0.15) is 24.3 Å². The summed E-state index contributed by atoms with van der Waals surface area (Å²) in [6.07, 6.45) is 2.01. The summed E-state index contributed by atoms with van der Waals surface area (Å²) in [6, 6.07) is 7.96. The predicted octanol–water partition coefficient (Wildman–Crippen LogP) is 1.24. The molecule has 0 spiro atoms. The van der Waals surface area contributed by atoms with Crippen LogP contribution in [-0.2, 0) is 4.79 Å². The molecule has 0 amide bonds. The second-order valence-corrected chi connectivity index (χ2v) is 5.89. The molecule has 0 atom stereocenters. The minimum atomic E-state index is -1.14. The molecule has 1 aliphatic heterocycles. The number of halogens is 1. The van der Waals surface area contributed by atoms with E-state index in [4.69, 9.17) is 28.3 Å². The first-order valence-electron chi connectivity index (χ1n) is 7.17. The van der Waals surface area contributed by atoms with Crippen LogP contribution in [0.3, 0.4) is 0 Å². The quantitative estimate of drug-likeness (QED) is 0.369. The van der Waals surface area contributed by atoms with Gasteiger partial charge in [0, 0.05) is 11.6 Å². The maximum absolute atomic E-state index is 11.0. The maximum atomic E-state index is 11.0. The van der Waals surface area contributed by atoms with Crippen LogP contribution in [0, 0.1) is 0 Å². The van der Waals surface area contributed by atoms with Crippen molar-refractivity contribution < 1.29 is 9.90 Å². The Labute approximate surface area is 134 Å². The molecule has 120 valence electrons. The van der Waals surface area contributed by atoms with Crippen molar-refractivity contribution in [3.05, 3.63) is 46.2 Å². The van der Waals surface area contributed by atoms with Crippen molar-refractivity contribution in [2.75, 3.05) is 19.6 Å². The molecule has 0 saturated carbocycles. The summed E-state index contributed by atoms with van der Waals surface area (Å²) in [5.41, 5.74) is 9.37. The number of benzene rings is 1. The predicted molar refractivity (Wildman–Crippen MR) is 86.0 cm³/mol. The van der Waals surface area contributed by atoms with Crippen molar-refractivity contribution in [2.45, 2.75) is 18.8 Å². The summed E-state index contributed by atoms with van der Waals surface area (Å²) in [6.45, 7) is 2.14. The van der Waals surface area contributed by atoms with E-state index in [2.05, 4.69) is 22.5 Å². The van der Waals surface area contributed by atoms with Gasteiger partial charge in [-0.1, -0.05) is 23.7 Å². The SMILES string of the molecule is NN/C(C(=O)O)=C(\N)CN1CCC(c2ccc(Cl)cc2)CC1. The zero-order valence-electron chi connectivity index (χ0n) is 12.3. The molecule has 0 aromatic heterocycles. The van der Waals surface area contributed by atoms with E-state index in [1.54, 1.807) is 0 Å². The highest BCUT2D eigenvalue weighted by Crippen LogP contribution is 2.28. The Hall–Kier alpha value is -1.76. The van der Waals surface area contributed by atoms with E-state index in [1.807, 2.05) is 12.1 Å². The van der Waals surface area contributed by atoms with Crippen molar-refractivity contribution in [2.24, 2.45) is 11.6 Å². The minimum Gasteiger partial charge on any atom is -0.476 e. The zero-order chi connectivity index (χ0) is 16.1. The number of hydrogen-bond acceptors (Lipinski definition) is 5. The number of carboxylic acids is 1. The van der Waals surface area contributed by atoms with Gasteiger partial charge >= 0.3 is 5.97 Å². The van der Waals surface area contributed by atoms with Gasteiger partial charge < -0.3 is 16.3 Å². The molecule has 1 aliphatic rings. The number of hydrogen-bond donors (Lipinski definition) is 4. The molecule has 7 heteroatoms. The van der Waals surface area contributed by atoms with Gasteiger partial charge in [-0.3, -0.25) is 10.7 Å². The number of nitrogens with zero attached hydrogens (tertiary/aromatic N) is 1. The number of hydrazine groups is 1. The number of nitrogens with two attached hydrogens (primary N) is 2. The molecule has 1 aromatic carbocycles. The lowest BCUT2D eigenvalue weighted by molar-refractivity contribution is -0.133. The highest BCUT2D eigenvalue weighted by atomic mass is 35.5. The van der Waals surface area contributed by atoms with Crippen molar-refractivity contribution in [1.29, 1.82) is 0 Å². The number of nitrogens with one attached hydrogen (secondary N) is 1. The molecule has 0 unspecified atom stereocenters. The van der Waals surface area contributed by atoms with Gasteiger partial charge in [0.2, 0.25) is 0 Å². The fourth-order valence-corrected chi connectivity index (χ4v) is 2.90. The second-order valence-electron chi connectivity index (χ2n) is 5.45. The second kappa shape index (κ2) is 7.49. The monoisotopic (exact) mass is 324 g/mol. The first-order valence-corrected chi connectivity index (χ1v) is 7.55. The Bertz CT molecular complexity index is 551. The highest BCUT2D eigenvalue weighted by molar-refractivity contribution is 6.30. The number of rotatable bonds is 5. The van der Waals surface area contributed by atoms with Crippen LogP contribution in [-0.4, -0.2) is 35.6 Å². The third kappa shape index (κ3) is 4.13. The molecular weight excluding hydrogens is 304 g/mol. The van der Waals surface area contributed by atoms with Gasteiger partial charge in [0.25, 0.3) is 0 Å². The van der Waals surface area contributed by atoms with Gasteiger partial charge in [0.15, 0.2) is 5.70 Å². The molecule has 1 aromatic rings. The zero-order valence-corrected chi connectivity index (χ0v) is 13.0. The Morgan fingerprint density at radius 3 is 2.41 bits per heavy atom. The van der Waals surface area contributed by atoms with E-state index in [1.165, 1.54) is 5.56 Å². The average Bonchev–Trinajstić information content (AvgIpc) is 2.49. The molecule has 0 bridgehead atoms. The molecule has 1 saturated heterocycles. The molecule has 2 rings (SSSR count). The van der Waals surface area contributed by atoms with Gasteiger partial charge in [-0.15, -0.1) is 0 Å². The number of carboxylic acid groups (broad SMARTS) is 1. The third-order valence-electron chi connectivity index (χ3n) is 4.00. The van der Waals surface area contributed by atoms with Crippen molar-refractivity contribution in [3.8, 4) is 0 Å². The van der Waals surface area contributed by atoms with Crippen LogP contribution in [0.15, 0.2) is 35.7 Å². The Balaban J connectivity index is 1.92. The third-order valence-corrected chi connectivity index (χ3v) is 4.25. The lowest BCUT2D eigenvalue weighted by Gasteiger charge is -2.32. The maximum Gasteiger partial charge on any atom is 0.355 e. The standard InChI is InChI=1S/C15H21ClN4O2/c16-12-3-1-10(2-4-12)11-5-7-20(8-6-11)9-13(17)14(19-18)15(21)22/h1-4,11,19H,5-9,17-18H2,(H,21,22)/b14-13-. The summed E-state index contributed by atoms with van der Waals surface area (Å²) in [4.78, 5) is 13.1. The fourth-order valence-electron chi connectivity index (χ4n) is 2.77. The fraction of sp³-hybridized carbons (Fsp3) is 0.400. The normalized spacial score (nSPS) is 17.9. The van der Waals surface area contributed by atoms with Crippen molar-refractivity contribution >= 4 is 17.6 Å². The molecular formula is C15H21ClN4O2. The molecule has 1 heterocycles. The molecule has 6 nitrogen and oxygen atoms in total. The van der Waals surface area contributed by atoms with Crippen LogP contribution in [0.2, 0.25) is 5.02 Å². The molecule has 6 N–H and O–H groups in total. The first-order chi connectivity index (χ1) is 10.5. The number of piperidine rings is 1. The Kier molecular flexibility index (Phi) is 5.65. The molecule has 22 heavy (non-hydrogen) atoms. The van der Waals surface area contributed by atoms with Gasteiger partial charge in [0.1, 0.15) is 0 Å². The summed E-state index contributed by atoms with van der Waals surface area (Å²) in [5, 5.41) is 9.72. The lowest BCUT2D eigenvalue weighted by Crippen LogP contribution is -2.38. The van der Waals surface area contributed by atoms with Crippen LogP contribution in [0.4, 0.5) is 0 Å². The largest absolute Gasteiger partial charge is 0.476 e. The highest BCUT2D eigenvalue weighted by Gasteiger charge is 2.22. The summed E-state index contributed by atoms with van der Waals surface area (Å²) >= 11 is 5.91. The van der Waals surface area contributed by atoms with Crippen LogP contribution < -0.4 is 17.0 Å². The van der Waals surface area contributed by atoms with Gasteiger partial charge in [-0.05, 0) is 49.5 Å². The first kappa shape index (κ1) is 16.6. The van der Waals surface area contributed by atoms with Gasteiger partial charge in [-0.2, -0.15) is 0 Å². The molecule has 0 aliphatic carbocycles. The van der Waals surface area contributed by atoms with Gasteiger partial charge in [0.05, 0.1) is 5.70 Å². The van der Waals surface area contributed by atoms with Crippen LogP contribution in [0.25, 0.3) is 0 Å². The van der Waals surface area contributed by atoms with E-state index < -0.39 is 5.97 Å². The van der Waals surface area contributed by atoms with Crippen LogP contribution in [0.5, 0.6) is 0 Å². The number of likely N-dealkylation sites (tertiary alicyclic amines) is 1. The van der Waals surface area contributed by atoms with Crippen molar-refractivity contribution in [3.63, 3.8) is 0 Å². The van der Waals surface area contributed by atoms with E-state index in [0.29, 0.717) is 12.5 Å². The van der Waals surface area contributed by atoms with Crippen LogP contribution >= 0.6 is 11.6 Å². The minimum absolute atomic E-state index is 0.139. The van der Waals surface area contributed by atoms with E-state index in [9.17, 15) is 4.79 Å². The van der Waals surface area contributed by atoms with E-state index >= 15 is 0 Å². The molecule has 0 radical (unpaired) electrons. The molecule has 1 fully saturated rings. The summed E-state index contributed by atoms with van der Waals surface area (Å²) < 4.78 is 0. The lowest BCUT2D eigenvalue weighted by atomic mass is 9.89. The number of aliphatic carboxylic acids is 1. The van der Waals surface area contributed by atoms with Crippen molar-refractivity contribution in [1.82, 2.24) is 10.3 Å².